The number of azo groups is 1. The van der Waals surface area contributed by atoms with Gasteiger partial charge in [0, 0.05) is 21.1 Å². The summed E-state index contributed by atoms with van der Waals surface area (Å²) in [6.45, 7) is 0. The van der Waals surface area contributed by atoms with Gasteiger partial charge in [0.05, 0.1) is 5.52 Å². The SMILES string of the molecule is O=C(N=Nc1c(O)[nH]c2ccc(Br)cc12)c1n[nH]c2c1CCC2. The van der Waals surface area contributed by atoms with Gasteiger partial charge in [-0.2, -0.15) is 5.10 Å². The van der Waals surface area contributed by atoms with Crippen molar-refractivity contribution in [2.45, 2.75) is 19.3 Å². The quantitative estimate of drug-likeness (QED) is 0.595. The van der Waals surface area contributed by atoms with Crippen LogP contribution < -0.4 is 0 Å². The highest BCUT2D eigenvalue weighted by Crippen LogP contribution is 2.37. The van der Waals surface area contributed by atoms with Crippen LogP contribution >= 0.6 is 15.9 Å². The minimum absolute atomic E-state index is 0.123. The Morgan fingerprint density at radius 2 is 2.22 bits per heavy atom. The predicted octanol–water partition coefficient (Wildman–Crippen LogP) is 3.77. The molecule has 116 valence electrons. The summed E-state index contributed by atoms with van der Waals surface area (Å²) in [5.74, 6) is -0.630. The second-order valence-corrected chi connectivity index (χ2v) is 6.32. The maximum absolute atomic E-state index is 12.2. The topological polar surface area (TPSA) is 106 Å². The van der Waals surface area contributed by atoms with Crippen LogP contribution in [0.3, 0.4) is 0 Å². The van der Waals surface area contributed by atoms with Crippen LogP contribution in [0, 0.1) is 0 Å². The third-order valence-electron chi connectivity index (χ3n) is 3.96. The summed E-state index contributed by atoms with van der Waals surface area (Å²) < 4.78 is 0.844. The summed E-state index contributed by atoms with van der Waals surface area (Å²) in [7, 11) is 0. The van der Waals surface area contributed by atoms with Gasteiger partial charge in [-0.1, -0.05) is 15.9 Å². The van der Waals surface area contributed by atoms with Crippen molar-refractivity contribution in [1.82, 2.24) is 15.2 Å². The van der Waals surface area contributed by atoms with Crippen LogP contribution in [0.2, 0.25) is 0 Å². The van der Waals surface area contributed by atoms with Crippen molar-refractivity contribution in [3.63, 3.8) is 0 Å². The molecule has 4 rings (SSSR count). The Hall–Kier alpha value is -2.48. The minimum Gasteiger partial charge on any atom is -0.493 e. The minimum atomic E-state index is -0.506. The normalized spacial score (nSPS) is 14.0. The lowest BCUT2D eigenvalue weighted by Gasteiger charge is -1.94. The van der Waals surface area contributed by atoms with Crippen LogP contribution in [0.15, 0.2) is 32.9 Å². The van der Waals surface area contributed by atoms with E-state index < -0.39 is 5.91 Å². The molecular weight excluding hydrogens is 362 g/mol. The maximum Gasteiger partial charge on any atom is 0.316 e. The Bertz CT molecular complexity index is 956. The molecule has 1 aliphatic rings. The van der Waals surface area contributed by atoms with Gasteiger partial charge in [0.15, 0.2) is 11.4 Å². The number of aromatic hydroxyl groups is 1. The van der Waals surface area contributed by atoms with Crippen LogP contribution in [0.4, 0.5) is 5.69 Å². The molecule has 1 aliphatic carbocycles. The number of hydrogen-bond acceptors (Lipinski definition) is 4. The average Bonchev–Trinajstić information content (AvgIpc) is 3.18. The number of nitrogens with one attached hydrogen (secondary N) is 2. The largest absolute Gasteiger partial charge is 0.493 e. The number of hydrogen-bond donors (Lipinski definition) is 3. The molecule has 0 spiro atoms. The smallest absolute Gasteiger partial charge is 0.316 e. The summed E-state index contributed by atoms with van der Waals surface area (Å²) >= 11 is 3.37. The first kappa shape index (κ1) is 14.1. The van der Waals surface area contributed by atoms with E-state index >= 15 is 0 Å². The lowest BCUT2D eigenvalue weighted by atomic mass is 10.2. The van der Waals surface area contributed by atoms with E-state index in [1.807, 2.05) is 6.07 Å². The van der Waals surface area contributed by atoms with Gasteiger partial charge in [-0.3, -0.25) is 9.89 Å². The van der Waals surface area contributed by atoms with Crippen molar-refractivity contribution in [3.05, 3.63) is 39.6 Å². The van der Waals surface area contributed by atoms with Gasteiger partial charge >= 0.3 is 5.91 Å². The maximum atomic E-state index is 12.2. The second kappa shape index (κ2) is 5.31. The molecule has 1 amide bonds. The zero-order valence-corrected chi connectivity index (χ0v) is 13.5. The van der Waals surface area contributed by atoms with E-state index in [-0.39, 0.29) is 11.6 Å². The zero-order chi connectivity index (χ0) is 16.0. The molecule has 0 aliphatic heterocycles. The van der Waals surface area contributed by atoms with Crippen LogP contribution in [-0.2, 0) is 12.8 Å². The van der Waals surface area contributed by atoms with Crippen molar-refractivity contribution < 1.29 is 9.90 Å². The fourth-order valence-electron chi connectivity index (χ4n) is 2.88. The molecule has 8 heteroatoms. The Balaban J connectivity index is 1.70. The average molecular weight is 374 g/mol. The second-order valence-electron chi connectivity index (χ2n) is 5.40. The van der Waals surface area contributed by atoms with Crippen molar-refractivity contribution in [3.8, 4) is 5.88 Å². The molecular formula is C15H12BrN5O2. The molecule has 0 radical (unpaired) electrons. The highest BCUT2D eigenvalue weighted by molar-refractivity contribution is 9.10. The molecule has 0 bridgehead atoms. The number of carbonyl (C=O) groups is 1. The lowest BCUT2D eigenvalue weighted by molar-refractivity contribution is 0.0989. The van der Waals surface area contributed by atoms with Gasteiger partial charge in [0.25, 0.3) is 0 Å². The summed E-state index contributed by atoms with van der Waals surface area (Å²) in [5, 5.41) is 25.2. The Morgan fingerprint density at radius 1 is 1.35 bits per heavy atom. The number of aromatic amines is 2. The number of benzene rings is 1. The summed E-state index contributed by atoms with van der Waals surface area (Å²) in [5.41, 5.74) is 3.21. The molecule has 2 aromatic heterocycles. The number of aryl methyl sites for hydroxylation is 1. The van der Waals surface area contributed by atoms with Crippen LogP contribution in [0.5, 0.6) is 5.88 Å². The molecule has 23 heavy (non-hydrogen) atoms. The number of halogens is 1. The van der Waals surface area contributed by atoms with Gasteiger partial charge in [0.2, 0.25) is 5.88 Å². The third-order valence-corrected chi connectivity index (χ3v) is 4.46. The van der Waals surface area contributed by atoms with E-state index in [4.69, 9.17) is 0 Å². The zero-order valence-electron chi connectivity index (χ0n) is 11.9. The Morgan fingerprint density at radius 3 is 3.09 bits per heavy atom. The third kappa shape index (κ3) is 2.35. The van der Waals surface area contributed by atoms with Crippen molar-refractivity contribution in [2.75, 3.05) is 0 Å². The first-order valence-electron chi connectivity index (χ1n) is 7.16. The van der Waals surface area contributed by atoms with E-state index in [1.54, 1.807) is 12.1 Å². The van der Waals surface area contributed by atoms with Gasteiger partial charge in [-0.25, -0.2) is 0 Å². The first-order chi connectivity index (χ1) is 11.1. The molecule has 0 saturated carbocycles. The van der Waals surface area contributed by atoms with E-state index in [2.05, 4.69) is 41.3 Å². The fraction of sp³-hybridized carbons (Fsp3) is 0.200. The molecule has 3 aromatic rings. The number of rotatable bonds is 2. The number of amides is 1. The summed E-state index contributed by atoms with van der Waals surface area (Å²) in [4.78, 5) is 15.0. The summed E-state index contributed by atoms with van der Waals surface area (Å²) in [6.07, 6.45) is 2.75. The molecule has 0 unspecified atom stereocenters. The molecule has 3 N–H and O–H groups in total. The molecule has 0 atom stereocenters. The lowest BCUT2D eigenvalue weighted by Crippen LogP contribution is -1.98. The molecule has 7 nitrogen and oxygen atoms in total. The molecule has 2 heterocycles. The highest BCUT2D eigenvalue weighted by atomic mass is 79.9. The standard InChI is InChI=1S/C15H12BrN5O2/c16-7-4-5-10-9(6-7)13(14(22)17-10)20-21-15(23)12-8-2-1-3-11(8)18-19-12/h4-6,17,22H,1-3H2,(H,18,19). The number of aromatic nitrogens is 3. The van der Waals surface area contributed by atoms with Crippen molar-refractivity contribution >= 4 is 38.4 Å². The van der Waals surface area contributed by atoms with E-state index in [1.165, 1.54) is 0 Å². The van der Waals surface area contributed by atoms with Gasteiger partial charge in [0.1, 0.15) is 0 Å². The van der Waals surface area contributed by atoms with Crippen LogP contribution in [-0.4, -0.2) is 26.2 Å². The number of carbonyl (C=O) groups excluding carboxylic acids is 1. The van der Waals surface area contributed by atoms with Crippen molar-refractivity contribution in [1.29, 1.82) is 0 Å². The molecule has 0 saturated heterocycles. The molecule has 1 aromatic carbocycles. The van der Waals surface area contributed by atoms with Crippen LogP contribution in [0.25, 0.3) is 10.9 Å². The van der Waals surface area contributed by atoms with E-state index in [0.717, 1.165) is 35.0 Å². The molecule has 0 fully saturated rings. The van der Waals surface area contributed by atoms with Gasteiger partial charge in [-0.15, -0.1) is 10.2 Å². The van der Waals surface area contributed by atoms with Crippen LogP contribution in [0.1, 0.15) is 28.2 Å². The monoisotopic (exact) mass is 373 g/mol. The van der Waals surface area contributed by atoms with Crippen molar-refractivity contribution in [2.24, 2.45) is 10.2 Å². The summed E-state index contributed by atoms with van der Waals surface area (Å²) in [6, 6.07) is 5.45. The predicted molar refractivity (Wildman–Crippen MR) is 87.1 cm³/mol. The van der Waals surface area contributed by atoms with Gasteiger partial charge in [-0.05, 0) is 37.5 Å². The van der Waals surface area contributed by atoms with Gasteiger partial charge < -0.3 is 10.1 Å². The Labute approximate surface area is 139 Å². The highest BCUT2D eigenvalue weighted by Gasteiger charge is 2.23. The Kier molecular flexibility index (Phi) is 3.26. The first-order valence-corrected chi connectivity index (χ1v) is 7.95. The fourth-order valence-corrected chi connectivity index (χ4v) is 3.24. The number of nitrogens with zero attached hydrogens (tertiary/aromatic N) is 3. The van der Waals surface area contributed by atoms with E-state index in [9.17, 15) is 9.90 Å². The van der Waals surface area contributed by atoms with E-state index in [0.29, 0.717) is 16.6 Å². The number of fused-ring (bicyclic) bond motifs is 2. The number of H-pyrrole nitrogens is 2.